The molecule has 0 atom stereocenters. The first-order chi connectivity index (χ1) is 15.9. The van der Waals surface area contributed by atoms with Gasteiger partial charge in [-0.25, -0.2) is 13.8 Å². The van der Waals surface area contributed by atoms with Crippen LogP contribution in [-0.2, 0) is 21.3 Å². The van der Waals surface area contributed by atoms with Crippen molar-refractivity contribution in [2.45, 2.75) is 25.3 Å². The molecule has 0 saturated carbocycles. The number of furan rings is 1. The molecule has 0 spiro atoms. The molecule has 0 aliphatic carbocycles. The predicted molar refractivity (Wildman–Crippen MR) is 123 cm³/mol. The minimum absolute atomic E-state index is 0.0718. The smallest absolute Gasteiger partial charge is 0.271 e. The quantitative estimate of drug-likeness (QED) is 0.422. The number of hydrogen-bond acceptors (Lipinski definition) is 6. The molecule has 1 aromatic carbocycles. The van der Waals surface area contributed by atoms with Crippen molar-refractivity contribution in [3.8, 4) is 0 Å². The number of benzene rings is 1. The van der Waals surface area contributed by atoms with Crippen LogP contribution in [0, 0.1) is 13.8 Å². The largest absolute Gasteiger partial charge is 0.467 e. The van der Waals surface area contributed by atoms with Gasteiger partial charge in [0.25, 0.3) is 5.91 Å². The van der Waals surface area contributed by atoms with E-state index in [1.807, 2.05) is 32.0 Å². The third-order valence-electron chi connectivity index (χ3n) is 5.58. The molecular formula is C23H26N4O5S. The van der Waals surface area contributed by atoms with E-state index >= 15 is 0 Å². The monoisotopic (exact) mass is 470 g/mol. The molecule has 0 unspecified atom stereocenters. The Labute approximate surface area is 192 Å². The van der Waals surface area contributed by atoms with Gasteiger partial charge in [-0.05, 0) is 50.2 Å². The highest BCUT2D eigenvalue weighted by Gasteiger charge is 2.26. The number of hydrazone groups is 1. The number of nitrogens with one attached hydrogen (secondary N) is 1. The molecule has 0 radical (unpaired) electrons. The molecule has 4 rings (SSSR count). The predicted octanol–water partition coefficient (Wildman–Crippen LogP) is 2.53. The minimum atomic E-state index is -3.69. The van der Waals surface area contributed by atoms with E-state index in [2.05, 4.69) is 15.1 Å². The van der Waals surface area contributed by atoms with E-state index in [0.29, 0.717) is 32.8 Å². The average Bonchev–Trinajstić information content (AvgIpc) is 3.44. The normalized spacial score (nSPS) is 15.2. The van der Waals surface area contributed by atoms with Gasteiger partial charge in [0.1, 0.15) is 5.76 Å². The molecule has 1 saturated heterocycles. The summed E-state index contributed by atoms with van der Waals surface area (Å²) in [5, 5.41) is 4.07. The van der Waals surface area contributed by atoms with Crippen LogP contribution >= 0.6 is 0 Å². The van der Waals surface area contributed by atoms with Crippen molar-refractivity contribution in [3.63, 3.8) is 0 Å². The maximum absolute atomic E-state index is 12.8. The number of ether oxygens (including phenoxy) is 1. The number of sulfonamides is 1. The molecule has 10 heteroatoms. The third kappa shape index (κ3) is 5.08. The van der Waals surface area contributed by atoms with Crippen LogP contribution in [0.1, 0.15) is 33.1 Å². The van der Waals surface area contributed by atoms with E-state index in [1.165, 1.54) is 16.4 Å². The lowest BCUT2D eigenvalue weighted by Crippen LogP contribution is -2.40. The van der Waals surface area contributed by atoms with Crippen LogP contribution in [-0.4, -0.2) is 55.7 Å². The molecule has 2 aromatic heterocycles. The number of rotatable bonds is 7. The minimum Gasteiger partial charge on any atom is -0.467 e. The number of hydrogen-bond donors (Lipinski definition) is 1. The maximum Gasteiger partial charge on any atom is 0.271 e. The zero-order valence-electron chi connectivity index (χ0n) is 18.5. The summed E-state index contributed by atoms with van der Waals surface area (Å²) in [6.07, 6.45) is 3.22. The van der Waals surface area contributed by atoms with E-state index in [-0.39, 0.29) is 10.5 Å². The van der Waals surface area contributed by atoms with Gasteiger partial charge in [-0.3, -0.25) is 4.79 Å². The molecular weight excluding hydrogens is 444 g/mol. The lowest BCUT2D eigenvalue weighted by Gasteiger charge is -2.26. The second-order valence-corrected chi connectivity index (χ2v) is 9.67. The van der Waals surface area contributed by atoms with Crippen molar-refractivity contribution in [1.29, 1.82) is 0 Å². The van der Waals surface area contributed by atoms with Crippen molar-refractivity contribution in [1.82, 2.24) is 14.3 Å². The third-order valence-corrected chi connectivity index (χ3v) is 7.48. The van der Waals surface area contributed by atoms with Gasteiger partial charge in [0, 0.05) is 35.6 Å². The molecule has 1 amide bonds. The first-order valence-electron chi connectivity index (χ1n) is 10.6. The van der Waals surface area contributed by atoms with Crippen LogP contribution in [0.3, 0.4) is 0 Å². The fourth-order valence-electron chi connectivity index (χ4n) is 3.72. The number of amides is 1. The molecule has 3 heterocycles. The summed E-state index contributed by atoms with van der Waals surface area (Å²) in [7, 11) is -3.69. The van der Waals surface area contributed by atoms with Crippen LogP contribution in [0.2, 0.25) is 0 Å². The number of aromatic nitrogens is 1. The lowest BCUT2D eigenvalue weighted by atomic mass is 10.2. The van der Waals surface area contributed by atoms with Gasteiger partial charge in [-0.1, -0.05) is 6.07 Å². The summed E-state index contributed by atoms with van der Waals surface area (Å²) in [4.78, 5) is 12.7. The van der Waals surface area contributed by atoms with E-state index < -0.39 is 15.9 Å². The zero-order valence-corrected chi connectivity index (χ0v) is 19.3. The van der Waals surface area contributed by atoms with Gasteiger partial charge < -0.3 is 13.7 Å². The van der Waals surface area contributed by atoms with Crippen molar-refractivity contribution in [2.75, 3.05) is 26.3 Å². The second kappa shape index (κ2) is 9.74. The number of morpholine rings is 1. The summed E-state index contributed by atoms with van der Waals surface area (Å²) >= 11 is 0. The molecule has 1 N–H and O–H groups in total. The van der Waals surface area contributed by atoms with Crippen molar-refractivity contribution in [2.24, 2.45) is 5.10 Å². The highest BCUT2D eigenvalue weighted by atomic mass is 32.2. The van der Waals surface area contributed by atoms with Crippen molar-refractivity contribution < 1.29 is 22.4 Å². The Kier molecular flexibility index (Phi) is 6.77. The first-order valence-corrected chi connectivity index (χ1v) is 12.0. The van der Waals surface area contributed by atoms with Gasteiger partial charge in [0.2, 0.25) is 10.0 Å². The van der Waals surface area contributed by atoms with Crippen LogP contribution in [0.25, 0.3) is 0 Å². The Morgan fingerprint density at radius 3 is 2.67 bits per heavy atom. The molecule has 3 aromatic rings. The summed E-state index contributed by atoms with van der Waals surface area (Å²) in [6, 6.07) is 11.7. The number of carbonyl (C=O) groups is 1. The summed E-state index contributed by atoms with van der Waals surface area (Å²) < 4.78 is 39.8. The van der Waals surface area contributed by atoms with Crippen molar-refractivity contribution >= 4 is 22.1 Å². The van der Waals surface area contributed by atoms with Crippen LogP contribution in [0.4, 0.5) is 0 Å². The molecule has 33 heavy (non-hydrogen) atoms. The SMILES string of the molecule is Cc1cc(/C=N\NC(=O)c2cccc(S(=O)(=O)N3CCOCC3)c2)c(C)n1Cc1ccco1. The molecule has 9 nitrogen and oxygen atoms in total. The standard InChI is InChI=1S/C23H26N4O5S/c1-17-13-20(18(2)27(17)16-21-6-4-10-32-21)15-24-25-23(28)19-5-3-7-22(14-19)33(29,30)26-8-11-31-12-9-26/h3-7,10,13-15H,8-9,11-12,16H2,1-2H3,(H,25,28)/b24-15-. The molecule has 1 aliphatic heterocycles. The van der Waals surface area contributed by atoms with Crippen LogP contribution in [0.15, 0.2) is 63.1 Å². The van der Waals surface area contributed by atoms with Gasteiger partial charge in [-0.15, -0.1) is 0 Å². The Hall–Kier alpha value is -3.21. The number of aryl methyl sites for hydroxylation is 1. The molecule has 1 aliphatic rings. The van der Waals surface area contributed by atoms with Gasteiger partial charge in [-0.2, -0.15) is 9.41 Å². The molecule has 174 valence electrons. The maximum atomic E-state index is 12.8. The Bertz CT molecular complexity index is 1260. The average molecular weight is 471 g/mol. The highest BCUT2D eigenvalue weighted by molar-refractivity contribution is 7.89. The lowest BCUT2D eigenvalue weighted by molar-refractivity contribution is 0.0730. The van der Waals surface area contributed by atoms with E-state index in [1.54, 1.807) is 24.6 Å². The van der Waals surface area contributed by atoms with Gasteiger partial charge in [0.05, 0.1) is 37.1 Å². The van der Waals surface area contributed by atoms with E-state index in [0.717, 1.165) is 22.7 Å². The first kappa shape index (κ1) is 23.0. The fourth-order valence-corrected chi connectivity index (χ4v) is 5.17. The van der Waals surface area contributed by atoms with Gasteiger partial charge in [0.15, 0.2) is 0 Å². The molecule has 1 fully saturated rings. The molecule has 0 bridgehead atoms. The van der Waals surface area contributed by atoms with Crippen LogP contribution in [0.5, 0.6) is 0 Å². The summed E-state index contributed by atoms with van der Waals surface area (Å²) in [5.74, 6) is 0.357. The summed E-state index contributed by atoms with van der Waals surface area (Å²) in [5.41, 5.74) is 5.58. The topological polar surface area (TPSA) is 106 Å². The van der Waals surface area contributed by atoms with E-state index in [9.17, 15) is 13.2 Å². The second-order valence-electron chi connectivity index (χ2n) is 7.74. The zero-order chi connectivity index (χ0) is 23.4. The Morgan fingerprint density at radius 1 is 1.15 bits per heavy atom. The number of nitrogens with zero attached hydrogens (tertiary/aromatic N) is 3. The number of carbonyl (C=O) groups excluding carboxylic acids is 1. The van der Waals surface area contributed by atoms with Crippen LogP contribution < -0.4 is 5.43 Å². The Balaban J connectivity index is 1.45. The fraction of sp³-hybridized carbons (Fsp3) is 0.304. The Morgan fingerprint density at radius 2 is 1.94 bits per heavy atom. The summed E-state index contributed by atoms with van der Waals surface area (Å²) in [6.45, 7) is 5.87. The van der Waals surface area contributed by atoms with E-state index in [4.69, 9.17) is 9.15 Å². The van der Waals surface area contributed by atoms with Crippen molar-refractivity contribution in [3.05, 3.63) is 77.0 Å². The highest BCUT2D eigenvalue weighted by Crippen LogP contribution is 2.19. The van der Waals surface area contributed by atoms with Gasteiger partial charge >= 0.3 is 0 Å².